The summed E-state index contributed by atoms with van der Waals surface area (Å²) in [6.07, 6.45) is -8.60. The molecular formula is C24H26F2N3O10P. The van der Waals surface area contributed by atoms with Crippen LogP contribution in [-0.4, -0.2) is 64.8 Å². The number of nitrogens with zero attached hydrogens (tertiary/aromatic N) is 2. The Labute approximate surface area is 226 Å². The second-order valence-electron chi connectivity index (χ2n) is 8.50. The summed E-state index contributed by atoms with van der Waals surface area (Å²) in [5, 5.41) is 21.2. The quantitative estimate of drug-likeness (QED) is 0.281. The van der Waals surface area contributed by atoms with E-state index in [4.69, 9.17) is 33.5 Å². The molecule has 16 heteroatoms. The Kier molecular flexibility index (Phi) is 8.61. The van der Waals surface area contributed by atoms with Crippen molar-refractivity contribution in [2.75, 3.05) is 26.6 Å². The first-order valence-corrected chi connectivity index (χ1v) is 13.0. The van der Waals surface area contributed by atoms with Crippen LogP contribution >= 0.6 is 7.82 Å². The molecule has 4 rings (SSSR count). The van der Waals surface area contributed by atoms with Gasteiger partial charge in [0.1, 0.15) is 41.0 Å². The lowest BCUT2D eigenvalue weighted by molar-refractivity contribution is -0.193. The third kappa shape index (κ3) is 6.03. The van der Waals surface area contributed by atoms with Gasteiger partial charge < -0.3 is 39.2 Å². The molecule has 4 atom stereocenters. The molecule has 1 fully saturated rings. The minimum absolute atomic E-state index is 0.0333. The Bertz CT molecular complexity index is 1360. The van der Waals surface area contributed by atoms with E-state index in [-0.39, 0.29) is 17.3 Å². The lowest BCUT2D eigenvalue weighted by Gasteiger charge is -2.31. The molecule has 0 unspecified atom stereocenters. The first kappa shape index (κ1) is 29.2. The van der Waals surface area contributed by atoms with Crippen LogP contribution in [0.1, 0.15) is 6.23 Å². The summed E-state index contributed by atoms with van der Waals surface area (Å²) >= 11 is 0. The van der Waals surface area contributed by atoms with E-state index >= 15 is 0 Å². The molecule has 0 bridgehead atoms. The standard InChI is InChI=1S/C24H26F2N3O10P/c1-34-14-3-7-16(8-4-14)38-40(33,39-17-9-5-15(35-2)6-10-17)36-13-24(22(25)26)20(31)19(30)21(37-24)29-12-11-18(27)28-23(29)32/h3-12,19-22,30-31H,13H2,1-2H3,(H2,27,28,32)/t19-,20-,21+,24+/m0/s1. The lowest BCUT2D eigenvalue weighted by atomic mass is 9.96. The molecule has 0 radical (unpaired) electrons. The van der Waals surface area contributed by atoms with Gasteiger partial charge in [0.25, 0.3) is 6.43 Å². The van der Waals surface area contributed by atoms with Gasteiger partial charge >= 0.3 is 13.5 Å². The predicted molar refractivity (Wildman–Crippen MR) is 135 cm³/mol. The van der Waals surface area contributed by atoms with Crippen molar-refractivity contribution in [3.63, 3.8) is 0 Å². The van der Waals surface area contributed by atoms with E-state index in [0.29, 0.717) is 16.1 Å². The van der Waals surface area contributed by atoms with Crippen molar-refractivity contribution in [2.24, 2.45) is 0 Å². The fourth-order valence-electron chi connectivity index (χ4n) is 3.80. The maximum Gasteiger partial charge on any atom is 0.587 e. The number of halogens is 2. The van der Waals surface area contributed by atoms with Gasteiger partial charge in [-0.3, -0.25) is 9.09 Å². The van der Waals surface area contributed by atoms with Crippen molar-refractivity contribution in [1.29, 1.82) is 0 Å². The van der Waals surface area contributed by atoms with Crippen molar-refractivity contribution in [3.05, 3.63) is 71.3 Å². The van der Waals surface area contributed by atoms with Gasteiger partial charge in [0.2, 0.25) is 0 Å². The van der Waals surface area contributed by atoms with Crippen LogP contribution in [0.3, 0.4) is 0 Å². The van der Waals surface area contributed by atoms with E-state index in [1.807, 2.05) is 0 Å². The fourth-order valence-corrected chi connectivity index (χ4v) is 5.06. The first-order chi connectivity index (χ1) is 19.0. The van der Waals surface area contributed by atoms with Gasteiger partial charge in [-0.25, -0.2) is 18.1 Å². The van der Waals surface area contributed by atoms with E-state index < -0.39 is 50.6 Å². The maximum atomic E-state index is 14.5. The van der Waals surface area contributed by atoms with Crippen molar-refractivity contribution in [2.45, 2.75) is 30.5 Å². The minimum Gasteiger partial charge on any atom is -0.497 e. The number of aliphatic hydroxyl groups excluding tert-OH is 2. The number of methoxy groups -OCH3 is 2. The summed E-state index contributed by atoms with van der Waals surface area (Å²) < 4.78 is 75.1. The Morgan fingerprint density at radius 1 is 1.00 bits per heavy atom. The molecule has 1 aromatic heterocycles. The fraction of sp³-hybridized carbons (Fsp3) is 0.333. The molecule has 0 amide bonds. The summed E-state index contributed by atoms with van der Waals surface area (Å²) in [5.41, 5.74) is 1.46. The largest absolute Gasteiger partial charge is 0.587 e. The van der Waals surface area contributed by atoms with Crippen molar-refractivity contribution in [3.8, 4) is 23.0 Å². The number of rotatable bonds is 11. The molecule has 4 N–H and O–H groups in total. The summed E-state index contributed by atoms with van der Waals surface area (Å²) in [6, 6.07) is 12.6. The topological polar surface area (TPSA) is 174 Å². The molecule has 13 nitrogen and oxygen atoms in total. The molecule has 0 aliphatic carbocycles. The van der Waals surface area contributed by atoms with Gasteiger partial charge in [0.05, 0.1) is 20.8 Å². The normalized spacial score (nSPS) is 22.7. The van der Waals surface area contributed by atoms with Crippen LogP contribution in [0.25, 0.3) is 0 Å². The number of phosphoric acid groups is 1. The summed E-state index contributed by atoms with van der Waals surface area (Å²) in [5.74, 6) is 0.671. The summed E-state index contributed by atoms with van der Waals surface area (Å²) in [6.45, 7) is -1.29. The highest BCUT2D eigenvalue weighted by molar-refractivity contribution is 7.49. The number of benzene rings is 2. The molecule has 1 saturated heterocycles. The van der Waals surface area contributed by atoms with Crippen LogP contribution in [-0.2, 0) is 13.8 Å². The van der Waals surface area contributed by atoms with Gasteiger partial charge in [-0.15, -0.1) is 0 Å². The Morgan fingerprint density at radius 3 is 1.95 bits per heavy atom. The van der Waals surface area contributed by atoms with Crippen LogP contribution < -0.4 is 29.9 Å². The van der Waals surface area contributed by atoms with Gasteiger partial charge in [0, 0.05) is 6.20 Å². The summed E-state index contributed by atoms with van der Waals surface area (Å²) in [7, 11) is -1.92. The maximum absolute atomic E-state index is 14.5. The molecule has 216 valence electrons. The average molecular weight is 585 g/mol. The molecular weight excluding hydrogens is 559 g/mol. The lowest BCUT2D eigenvalue weighted by Crippen LogP contribution is -2.52. The minimum atomic E-state index is -4.78. The second-order valence-corrected chi connectivity index (χ2v) is 10.0. The molecule has 3 aromatic rings. The van der Waals surface area contributed by atoms with E-state index in [1.54, 1.807) is 0 Å². The molecule has 1 aliphatic rings. The molecule has 0 spiro atoms. The number of nitrogen functional groups attached to an aromatic ring is 1. The smallest absolute Gasteiger partial charge is 0.497 e. The van der Waals surface area contributed by atoms with Crippen LogP contribution in [0.5, 0.6) is 23.0 Å². The number of hydrogen-bond acceptors (Lipinski definition) is 12. The monoisotopic (exact) mass is 585 g/mol. The number of ether oxygens (including phenoxy) is 3. The first-order valence-electron chi connectivity index (χ1n) is 11.6. The number of nitrogens with two attached hydrogens (primary N) is 1. The van der Waals surface area contributed by atoms with Gasteiger partial charge in [-0.05, 0) is 54.6 Å². The molecule has 2 heterocycles. The average Bonchev–Trinajstić information content (AvgIpc) is 3.19. The number of anilines is 1. The third-order valence-corrected chi connectivity index (χ3v) is 7.27. The Balaban J connectivity index is 1.64. The van der Waals surface area contributed by atoms with Crippen LogP contribution in [0.2, 0.25) is 0 Å². The van der Waals surface area contributed by atoms with Gasteiger partial charge in [0.15, 0.2) is 11.8 Å². The molecule has 2 aromatic carbocycles. The predicted octanol–water partition coefficient (Wildman–Crippen LogP) is 2.38. The van der Waals surface area contributed by atoms with Crippen molar-refractivity contribution < 1.29 is 51.3 Å². The second kappa shape index (κ2) is 11.8. The Hall–Kier alpha value is -3.75. The molecule has 0 saturated carbocycles. The van der Waals surface area contributed by atoms with Gasteiger partial charge in [-0.1, -0.05) is 0 Å². The number of aromatic nitrogens is 2. The van der Waals surface area contributed by atoms with E-state index in [2.05, 4.69) is 4.98 Å². The number of aliphatic hydroxyl groups is 2. The van der Waals surface area contributed by atoms with E-state index in [0.717, 1.165) is 6.20 Å². The van der Waals surface area contributed by atoms with Crippen LogP contribution in [0.4, 0.5) is 14.6 Å². The highest BCUT2D eigenvalue weighted by atomic mass is 31.2. The third-order valence-electron chi connectivity index (χ3n) is 5.95. The van der Waals surface area contributed by atoms with Crippen LogP contribution in [0.15, 0.2) is 65.6 Å². The highest BCUT2D eigenvalue weighted by Crippen LogP contribution is 2.52. The number of alkyl halides is 2. The number of phosphoric ester groups is 1. The zero-order valence-electron chi connectivity index (χ0n) is 21.1. The van der Waals surface area contributed by atoms with Crippen molar-refractivity contribution >= 4 is 13.6 Å². The molecule has 1 aliphatic heterocycles. The zero-order valence-corrected chi connectivity index (χ0v) is 22.0. The van der Waals surface area contributed by atoms with E-state index in [1.165, 1.54) is 68.8 Å². The highest BCUT2D eigenvalue weighted by Gasteiger charge is 2.62. The number of hydrogen-bond donors (Lipinski definition) is 3. The zero-order chi connectivity index (χ0) is 29.1. The SMILES string of the molecule is COc1ccc(OP(=O)(OC[C@@]2(C(F)F)O[C@@H](n3ccc(N)nc3=O)[C@@H](O)[C@@H]2O)Oc2ccc(OC)cc2)cc1. The van der Waals surface area contributed by atoms with Crippen molar-refractivity contribution in [1.82, 2.24) is 9.55 Å². The summed E-state index contributed by atoms with van der Waals surface area (Å²) in [4.78, 5) is 15.7. The Morgan fingerprint density at radius 2 is 1.50 bits per heavy atom. The molecule has 40 heavy (non-hydrogen) atoms. The van der Waals surface area contributed by atoms with Crippen LogP contribution in [0, 0.1) is 0 Å². The van der Waals surface area contributed by atoms with Gasteiger partial charge in [-0.2, -0.15) is 4.98 Å². The van der Waals surface area contributed by atoms with E-state index in [9.17, 15) is 28.4 Å².